The van der Waals surface area contributed by atoms with Crippen LogP contribution in [0.3, 0.4) is 0 Å². The molecule has 1 unspecified atom stereocenters. The minimum atomic E-state index is -3.70. The van der Waals surface area contributed by atoms with Gasteiger partial charge in [-0.15, -0.1) is 0 Å². The van der Waals surface area contributed by atoms with E-state index in [1.807, 2.05) is 13.8 Å². The molecular weight excluding hydrogens is 326 g/mol. The van der Waals surface area contributed by atoms with Gasteiger partial charge < -0.3 is 4.90 Å². The lowest BCUT2D eigenvalue weighted by Crippen LogP contribution is -2.47. The van der Waals surface area contributed by atoms with Gasteiger partial charge >= 0.3 is 0 Å². The smallest absolute Gasteiger partial charge is 0.245 e. The molecule has 1 aromatic carbocycles. The van der Waals surface area contributed by atoms with Crippen molar-refractivity contribution in [3.05, 3.63) is 41.7 Å². The van der Waals surface area contributed by atoms with Crippen LogP contribution in [0.2, 0.25) is 0 Å². The van der Waals surface area contributed by atoms with Gasteiger partial charge in [0, 0.05) is 19.8 Å². The maximum atomic E-state index is 13.0. The van der Waals surface area contributed by atoms with Gasteiger partial charge in [0.05, 0.1) is 16.8 Å². The first-order valence-corrected chi connectivity index (χ1v) is 9.46. The van der Waals surface area contributed by atoms with Crippen molar-refractivity contribution < 1.29 is 13.2 Å². The molecule has 0 radical (unpaired) electrons. The number of piperidine rings is 1. The molecule has 7 heteroatoms. The first-order valence-electron chi connectivity index (χ1n) is 7.92. The molecule has 1 fully saturated rings. The standard InChI is InChI=1S/C17H21N3O3S/c1-12-6-7-15(9-13(12)2)24(22,23)16-5-4-8-20(17(16)21)14-10-18-19(3)11-14/h6-7,9-11,16H,4-5,8H2,1-3H3. The van der Waals surface area contributed by atoms with Crippen LogP contribution >= 0.6 is 0 Å². The Morgan fingerprint density at radius 1 is 1.21 bits per heavy atom. The van der Waals surface area contributed by atoms with Crippen molar-refractivity contribution in [2.75, 3.05) is 11.4 Å². The molecule has 24 heavy (non-hydrogen) atoms. The third kappa shape index (κ3) is 2.84. The quantitative estimate of drug-likeness (QED) is 0.851. The van der Waals surface area contributed by atoms with E-state index in [9.17, 15) is 13.2 Å². The van der Waals surface area contributed by atoms with Gasteiger partial charge in [-0.1, -0.05) is 6.07 Å². The van der Waals surface area contributed by atoms with Gasteiger partial charge in [-0.05, 0) is 49.9 Å². The van der Waals surface area contributed by atoms with E-state index in [-0.39, 0.29) is 10.8 Å². The number of hydrogen-bond donors (Lipinski definition) is 0. The summed E-state index contributed by atoms with van der Waals surface area (Å²) in [6.07, 6.45) is 4.31. The molecule has 0 saturated carbocycles. The van der Waals surface area contributed by atoms with E-state index in [2.05, 4.69) is 5.10 Å². The zero-order chi connectivity index (χ0) is 17.5. The molecule has 1 aliphatic rings. The molecule has 1 saturated heterocycles. The van der Waals surface area contributed by atoms with E-state index in [0.717, 1.165) is 11.1 Å². The number of rotatable bonds is 3. The fraction of sp³-hybridized carbons (Fsp3) is 0.412. The molecule has 1 amide bonds. The number of benzene rings is 1. The van der Waals surface area contributed by atoms with Crippen molar-refractivity contribution in [1.29, 1.82) is 0 Å². The van der Waals surface area contributed by atoms with Crippen molar-refractivity contribution in [3.63, 3.8) is 0 Å². The van der Waals surface area contributed by atoms with Gasteiger partial charge in [-0.3, -0.25) is 9.48 Å². The summed E-state index contributed by atoms with van der Waals surface area (Å²) < 4.78 is 27.6. The maximum absolute atomic E-state index is 13.0. The summed E-state index contributed by atoms with van der Waals surface area (Å²) in [6, 6.07) is 5.03. The summed E-state index contributed by atoms with van der Waals surface area (Å²) in [5.41, 5.74) is 2.58. The lowest BCUT2D eigenvalue weighted by Gasteiger charge is -2.31. The second-order valence-electron chi connectivity index (χ2n) is 6.28. The highest BCUT2D eigenvalue weighted by molar-refractivity contribution is 7.92. The number of aryl methyl sites for hydroxylation is 3. The van der Waals surface area contributed by atoms with E-state index < -0.39 is 15.1 Å². The van der Waals surface area contributed by atoms with Gasteiger partial charge in [0.25, 0.3) is 0 Å². The lowest BCUT2D eigenvalue weighted by molar-refractivity contribution is -0.119. The Bertz CT molecular complexity index is 886. The molecule has 0 N–H and O–H groups in total. The molecule has 0 bridgehead atoms. The van der Waals surface area contributed by atoms with Crippen LogP contribution in [0.5, 0.6) is 0 Å². The highest BCUT2D eigenvalue weighted by Crippen LogP contribution is 2.28. The summed E-state index contributed by atoms with van der Waals surface area (Å²) in [7, 11) is -1.94. The van der Waals surface area contributed by atoms with Crippen LogP contribution in [0.1, 0.15) is 24.0 Å². The number of aromatic nitrogens is 2. The molecule has 0 aliphatic carbocycles. The van der Waals surface area contributed by atoms with Crippen LogP contribution in [0.25, 0.3) is 0 Å². The average Bonchev–Trinajstić information content (AvgIpc) is 2.96. The number of carbonyl (C=O) groups excluding carboxylic acids is 1. The Balaban J connectivity index is 1.95. The Labute approximate surface area is 142 Å². The second-order valence-corrected chi connectivity index (χ2v) is 8.41. The topological polar surface area (TPSA) is 72.3 Å². The normalized spacial score (nSPS) is 18.9. The van der Waals surface area contributed by atoms with Gasteiger partial charge in [-0.2, -0.15) is 5.10 Å². The van der Waals surface area contributed by atoms with Crippen LogP contribution in [0, 0.1) is 13.8 Å². The van der Waals surface area contributed by atoms with E-state index in [1.165, 1.54) is 4.90 Å². The van der Waals surface area contributed by atoms with Gasteiger partial charge in [0.15, 0.2) is 9.84 Å². The number of sulfone groups is 1. The zero-order valence-electron chi connectivity index (χ0n) is 14.1. The lowest BCUT2D eigenvalue weighted by atomic mass is 10.1. The highest BCUT2D eigenvalue weighted by atomic mass is 32.2. The second kappa shape index (κ2) is 6.05. The molecule has 3 rings (SSSR count). The van der Waals surface area contributed by atoms with E-state index in [4.69, 9.17) is 0 Å². The summed E-state index contributed by atoms with van der Waals surface area (Å²) in [6.45, 7) is 4.32. The van der Waals surface area contributed by atoms with Gasteiger partial charge in [0.1, 0.15) is 5.25 Å². The van der Waals surface area contributed by atoms with Crippen molar-refractivity contribution in [2.24, 2.45) is 7.05 Å². The Hall–Kier alpha value is -2.15. The summed E-state index contributed by atoms with van der Waals surface area (Å²) in [5, 5.41) is 3.03. The van der Waals surface area contributed by atoms with Gasteiger partial charge in [0.2, 0.25) is 5.91 Å². The number of anilines is 1. The number of hydrogen-bond acceptors (Lipinski definition) is 4. The minimum Gasteiger partial charge on any atom is -0.308 e. The molecule has 1 aromatic heterocycles. The fourth-order valence-electron chi connectivity index (χ4n) is 2.99. The maximum Gasteiger partial charge on any atom is 0.245 e. The van der Waals surface area contributed by atoms with Crippen molar-refractivity contribution in [1.82, 2.24) is 9.78 Å². The molecule has 1 atom stereocenters. The van der Waals surface area contributed by atoms with E-state index in [1.54, 1.807) is 42.3 Å². The third-order valence-electron chi connectivity index (χ3n) is 4.57. The van der Waals surface area contributed by atoms with E-state index in [0.29, 0.717) is 25.1 Å². The largest absolute Gasteiger partial charge is 0.308 e. The van der Waals surface area contributed by atoms with E-state index >= 15 is 0 Å². The molecule has 2 heterocycles. The Kier molecular flexibility index (Phi) is 4.21. The predicted octanol–water partition coefficient (Wildman–Crippen LogP) is 2.01. The van der Waals surface area contributed by atoms with Crippen LogP contribution in [-0.4, -0.2) is 35.9 Å². The number of carbonyl (C=O) groups is 1. The molecule has 128 valence electrons. The van der Waals surface area contributed by atoms with Gasteiger partial charge in [-0.25, -0.2) is 8.42 Å². The Morgan fingerprint density at radius 2 is 1.96 bits per heavy atom. The summed E-state index contributed by atoms with van der Waals surface area (Å²) in [5.74, 6) is -0.368. The average molecular weight is 347 g/mol. The molecule has 6 nitrogen and oxygen atoms in total. The van der Waals surface area contributed by atoms with Crippen molar-refractivity contribution in [2.45, 2.75) is 36.8 Å². The summed E-state index contributed by atoms with van der Waals surface area (Å²) in [4.78, 5) is 14.6. The molecule has 1 aliphatic heterocycles. The highest BCUT2D eigenvalue weighted by Gasteiger charge is 2.40. The Morgan fingerprint density at radius 3 is 2.58 bits per heavy atom. The van der Waals surface area contributed by atoms with Crippen LogP contribution in [0.15, 0.2) is 35.5 Å². The number of nitrogens with zero attached hydrogens (tertiary/aromatic N) is 3. The van der Waals surface area contributed by atoms with Crippen LogP contribution < -0.4 is 4.90 Å². The first-order chi connectivity index (χ1) is 11.3. The zero-order valence-corrected chi connectivity index (χ0v) is 14.9. The number of amides is 1. The minimum absolute atomic E-state index is 0.219. The third-order valence-corrected chi connectivity index (χ3v) is 6.67. The van der Waals surface area contributed by atoms with Crippen molar-refractivity contribution >= 4 is 21.4 Å². The van der Waals surface area contributed by atoms with Crippen molar-refractivity contribution in [3.8, 4) is 0 Å². The fourth-order valence-corrected chi connectivity index (χ4v) is 4.79. The SMILES string of the molecule is Cc1ccc(S(=O)(=O)C2CCCN(c3cnn(C)c3)C2=O)cc1C. The summed E-state index contributed by atoms with van der Waals surface area (Å²) >= 11 is 0. The molecular formula is C17H21N3O3S. The van der Waals surface area contributed by atoms with Crippen LogP contribution in [0.4, 0.5) is 5.69 Å². The molecule has 2 aromatic rings. The first kappa shape index (κ1) is 16.7. The molecule has 0 spiro atoms. The monoisotopic (exact) mass is 347 g/mol. The van der Waals surface area contributed by atoms with Crippen LogP contribution in [-0.2, 0) is 21.7 Å². The predicted molar refractivity (Wildman–Crippen MR) is 91.7 cm³/mol.